The number of hydrogen-bond donors (Lipinski definition) is 1. The van der Waals surface area contributed by atoms with Crippen molar-refractivity contribution in [2.24, 2.45) is 0 Å². The zero-order valence-electron chi connectivity index (χ0n) is 11.6. The van der Waals surface area contributed by atoms with Crippen LogP contribution in [-0.4, -0.2) is 14.2 Å². The molecule has 0 aliphatic carbocycles. The maximum absolute atomic E-state index is 5.49. The first-order valence-corrected chi connectivity index (χ1v) is 7.75. The van der Waals surface area contributed by atoms with Crippen molar-refractivity contribution < 1.29 is 4.74 Å². The van der Waals surface area contributed by atoms with Gasteiger partial charge in [-0.1, -0.05) is 17.7 Å². The van der Waals surface area contributed by atoms with Crippen molar-refractivity contribution in [3.05, 3.63) is 49.6 Å². The standard InChI is InChI=1S/C15H18BrNOS/c1-9-5-6-12(18-4)11(7-9)14(17-3)13-8-10(2)15(16)19-13/h5-8,14,17H,1-4H3. The first-order chi connectivity index (χ1) is 9.06. The van der Waals surface area contributed by atoms with Crippen LogP contribution in [-0.2, 0) is 0 Å². The van der Waals surface area contributed by atoms with Crippen LogP contribution >= 0.6 is 27.3 Å². The summed E-state index contributed by atoms with van der Waals surface area (Å²) in [7, 11) is 3.70. The molecule has 2 aromatic rings. The predicted molar refractivity (Wildman–Crippen MR) is 85.4 cm³/mol. The fourth-order valence-electron chi connectivity index (χ4n) is 2.16. The molecule has 2 nitrogen and oxygen atoms in total. The second kappa shape index (κ2) is 6.07. The van der Waals surface area contributed by atoms with Crippen molar-refractivity contribution in [2.45, 2.75) is 19.9 Å². The second-order valence-electron chi connectivity index (χ2n) is 4.57. The van der Waals surface area contributed by atoms with Crippen LogP contribution in [0.5, 0.6) is 5.75 Å². The second-order valence-corrected chi connectivity index (χ2v) is 6.97. The number of methoxy groups -OCH3 is 1. The lowest BCUT2D eigenvalue weighted by Crippen LogP contribution is -2.17. The third-order valence-electron chi connectivity index (χ3n) is 3.15. The quantitative estimate of drug-likeness (QED) is 0.888. The summed E-state index contributed by atoms with van der Waals surface area (Å²) < 4.78 is 6.68. The van der Waals surface area contributed by atoms with Gasteiger partial charge in [0, 0.05) is 10.4 Å². The third-order valence-corrected chi connectivity index (χ3v) is 5.35. The molecule has 0 spiro atoms. The molecular weight excluding hydrogens is 322 g/mol. The molecule has 2 rings (SSSR count). The SMILES string of the molecule is CNC(c1cc(C)c(Br)s1)c1cc(C)ccc1OC. The van der Waals surface area contributed by atoms with Gasteiger partial charge in [0.2, 0.25) is 0 Å². The van der Waals surface area contributed by atoms with E-state index in [-0.39, 0.29) is 6.04 Å². The summed E-state index contributed by atoms with van der Waals surface area (Å²) in [6, 6.07) is 8.67. The largest absolute Gasteiger partial charge is 0.496 e. The molecule has 1 N–H and O–H groups in total. The Bertz CT molecular complexity index is 560. The van der Waals surface area contributed by atoms with Crippen molar-refractivity contribution in [2.75, 3.05) is 14.2 Å². The fourth-order valence-corrected chi connectivity index (χ4v) is 3.86. The highest BCUT2D eigenvalue weighted by molar-refractivity contribution is 9.11. The molecule has 0 bridgehead atoms. The number of hydrogen-bond acceptors (Lipinski definition) is 3. The van der Waals surface area contributed by atoms with E-state index in [1.54, 1.807) is 18.4 Å². The van der Waals surface area contributed by atoms with Crippen LogP contribution in [0.15, 0.2) is 28.1 Å². The van der Waals surface area contributed by atoms with Crippen molar-refractivity contribution in [1.29, 1.82) is 0 Å². The Hall–Kier alpha value is -0.840. The molecule has 0 amide bonds. The monoisotopic (exact) mass is 339 g/mol. The molecule has 1 atom stereocenters. The average Bonchev–Trinajstić information content (AvgIpc) is 2.70. The van der Waals surface area contributed by atoms with Gasteiger partial charge in [-0.3, -0.25) is 0 Å². The van der Waals surface area contributed by atoms with Crippen molar-refractivity contribution in [1.82, 2.24) is 5.32 Å². The summed E-state index contributed by atoms with van der Waals surface area (Å²) in [5.41, 5.74) is 3.69. The van der Waals surface area contributed by atoms with Crippen LogP contribution in [0.3, 0.4) is 0 Å². The Morgan fingerprint density at radius 2 is 2.00 bits per heavy atom. The van der Waals surface area contributed by atoms with Crippen LogP contribution in [0, 0.1) is 13.8 Å². The number of rotatable bonds is 4. The van der Waals surface area contributed by atoms with Gasteiger partial charge in [0.1, 0.15) is 5.75 Å². The van der Waals surface area contributed by atoms with Crippen LogP contribution in [0.25, 0.3) is 0 Å². The zero-order valence-corrected chi connectivity index (χ0v) is 14.0. The molecule has 1 heterocycles. The molecule has 0 saturated heterocycles. The molecule has 4 heteroatoms. The first kappa shape index (κ1) is 14.6. The zero-order chi connectivity index (χ0) is 14.0. The maximum atomic E-state index is 5.49. The van der Waals surface area contributed by atoms with Gasteiger partial charge in [-0.2, -0.15) is 0 Å². The molecule has 0 saturated carbocycles. The van der Waals surface area contributed by atoms with Gasteiger partial charge >= 0.3 is 0 Å². The van der Waals surface area contributed by atoms with Gasteiger partial charge in [0.05, 0.1) is 16.9 Å². The number of aryl methyl sites for hydroxylation is 2. The van der Waals surface area contributed by atoms with Crippen LogP contribution in [0.4, 0.5) is 0 Å². The molecule has 0 radical (unpaired) electrons. The highest BCUT2D eigenvalue weighted by Crippen LogP contribution is 2.37. The minimum Gasteiger partial charge on any atom is -0.496 e. The summed E-state index contributed by atoms with van der Waals surface area (Å²) in [6.45, 7) is 4.22. The van der Waals surface area contributed by atoms with E-state index in [1.165, 1.54) is 25.4 Å². The molecule has 102 valence electrons. The van der Waals surface area contributed by atoms with Gasteiger partial charge in [-0.25, -0.2) is 0 Å². The van der Waals surface area contributed by atoms with E-state index in [0.717, 1.165) is 5.75 Å². The molecule has 1 aromatic carbocycles. The number of benzene rings is 1. The fraction of sp³-hybridized carbons (Fsp3) is 0.333. The maximum Gasteiger partial charge on any atom is 0.124 e. The van der Waals surface area contributed by atoms with Crippen molar-refractivity contribution in [3.63, 3.8) is 0 Å². The van der Waals surface area contributed by atoms with E-state index in [9.17, 15) is 0 Å². The molecule has 1 aromatic heterocycles. The van der Waals surface area contributed by atoms with Gasteiger partial charge in [0.15, 0.2) is 0 Å². The van der Waals surface area contributed by atoms with Gasteiger partial charge in [0.25, 0.3) is 0 Å². The number of nitrogens with one attached hydrogen (secondary N) is 1. The minimum atomic E-state index is 0.157. The van der Waals surface area contributed by atoms with Gasteiger partial charge in [-0.05, 0) is 54.5 Å². The Labute approximate surface area is 126 Å². The topological polar surface area (TPSA) is 21.3 Å². The molecule has 1 unspecified atom stereocenters. The third kappa shape index (κ3) is 3.02. The summed E-state index contributed by atoms with van der Waals surface area (Å²) in [4.78, 5) is 1.29. The van der Waals surface area contributed by atoms with Crippen molar-refractivity contribution in [3.8, 4) is 5.75 Å². The van der Waals surface area contributed by atoms with Gasteiger partial charge in [-0.15, -0.1) is 11.3 Å². The summed E-state index contributed by atoms with van der Waals surface area (Å²) in [6.07, 6.45) is 0. The van der Waals surface area contributed by atoms with Crippen LogP contribution in [0.1, 0.15) is 27.6 Å². The van der Waals surface area contributed by atoms with Crippen molar-refractivity contribution >= 4 is 27.3 Å². The number of halogens is 1. The van der Waals surface area contributed by atoms with E-state index in [2.05, 4.69) is 53.3 Å². The predicted octanol–water partition coefficient (Wildman–Crippen LogP) is 4.44. The Morgan fingerprint density at radius 3 is 2.53 bits per heavy atom. The average molecular weight is 340 g/mol. The smallest absolute Gasteiger partial charge is 0.124 e. The Morgan fingerprint density at radius 1 is 1.26 bits per heavy atom. The summed E-state index contributed by atoms with van der Waals surface area (Å²) in [5, 5.41) is 3.39. The van der Waals surface area contributed by atoms with E-state index in [0.29, 0.717) is 0 Å². The minimum absolute atomic E-state index is 0.157. The lowest BCUT2D eigenvalue weighted by molar-refractivity contribution is 0.405. The highest BCUT2D eigenvalue weighted by atomic mass is 79.9. The number of ether oxygens (including phenoxy) is 1. The van der Waals surface area contributed by atoms with Crippen LogP contribution < -0.4 is 10.1 Å². The molecule has 0 aliphatic heterocycles. The van der Waals surface area contributed by atoms with E-state index in [1.807, 2.05) is 13.1 Å². The van der Waals surface area contributed by atoms with E-state index < -0.39 is 0 Å². The normalized spacial score (nSPS) is 12.5. The lowest BCUT2D eigenvalue weighted by atomic mass is 10.0. The lowest BCUT2D eigenvalue weighted by Gasteiger charge is -2.18. The summed E-state index contributed by atoms with van der Waals surface area (Å²) in [5.74, 6) is 0.923. The Kier molecular flexibility index (Phi) is 4.66. The Balaban J connectivity index is 2.50. The molecular formula is C15H18BrNOS. The van der Waals surface area contributed by atoms with Gasteiger partial charge < -0.3 is 10.1 Å². The first-order valence-electron chi connectivity index (χ1n) is 6.14. The molecule has 19 heavy (non-hydrogen) atoms. The highest BCUT2D eigenvalue weighted by Gasteiger charge is 2.19. The summed E-state index contributed by atoms with van der Waals surface area (Å²) >= 11 is 5.36. The van der Waals surface area contributed by atoms with E-state index in [4.69, 9.17) is 4.74 Å². The van der Waals surface area contributed by atoms with E-state index >= 15 is 0 Å². The van der Waals surface area contributed by atoms with Crippen LogP contribution in [0.2, 0.25) is 0 Å². The molecule has 0 aliphatic rings. The molecule has 0 fully saturated rings. The number of thiophene rings is 1.